The van der Waals surface area contributed by atoms with Crippen LogP contribution in [0.2, 0.25) is 0 Å². The van der Waals surface area contributed by atoms with E-state index < -0.39 is 0 Å². The fourth-order valence-electron chi connectivity index (χ4n) is 1.58. The van der Waals surface area contributed by atoms with Gasteiger partial charge in [-0.15, -0.1) is 0 Å². The van der Waals surface area contributed by atoms with Gasteiger partial charge in [0.15, 0.2) is 0 Å². The maximum absolute atomic E-state index is 8.56. The average molecular weight is 219 g/mol. The van der Waals surface area contributed by atoms with Crippen LogP contribution in [0.15, 0.2) is 6.33 Å². The molecule has 0 saturated carbocycles. The second-order valence-corrected chi connectivity index (χ2v) is 3.98. The van der Waals surface area contributed by atoms with Crippen LogP contribution in [0.25, 0.3) is 0 Å². The van der Waals surface area contributed by atoms with Crippen LogP contribution in [0.5, 0.6) is 0 Å². The highest BCUT2D eigenvalue weighted by atomic mass is 15.2. The lowest BCUT2D eigenvalue weighted by atomic mass is 10.0. The van der Waals surface area contributed by atoms with Crippen LogP contribution in [-0.2, 0) is 0 Å². The maximum atomic E-state index is 8.56. The van der Waals surface area contributed by atoms with Crippen LogP contribution in [0.4, 0.5) is 11.6 Å². The molecule has 0 fully saturated rings. The number of nitrogens with two attached hydrogens (primary N) is 1. The van der Waals surface area contributed by atoms with Gasteiger partial charge in [-0.25, -0.2) is 9.97 Å². The molecule has 5 heteroatoms. The first kappa shape index (κ1) is 12.2. The molecule has 1 aromatic heterocycles. The van der Waals surface area contributed by atoms with E-state index in [4.69, 9.17) is 11.0 Å². The Morgan fingerprint density at radius 3 is 2.75 bits per heavy atom. The molecular formula is C11H17N5. The summed E-state index contributed by atoms with van der Waals surface area (Å²) in [5.74, 6) is 1.60. The lowest BCUT2D eigenvalue weighted by Crippen LogP contribution is -2.22. The SMILES string of the molecule is CC(C)c1c(N)ncnc1N(C)CCC#N. The maximum Gasteiger partial charge on any atom is 0.137 e. The van der Waals surface area contributed by atoms with Crippen molar-refractivity contribution in [3.05, 3.63) is 11.9 Å². The molecule has 1 rings (SSSR count). The van der Waals surface area contributed by atoms with Crippen LogP contribution in [0.3, 0.4) is 0 Å². The molecule has 0 bridgehead atoms. The largest absolute Gasteiger partial charge is 0.383 e. The average Bonchev–Trinajstić information content (AvgIpc) is 2.24. The van der Waals surface area contributed by atoms with Crippen molar-refractivity contribution in [2.24, 2.45) is 0 Å². The highest BCUT2D eigenvalue weighted by molar-refractivity contribution is 5.57. The van der Waals surface area contributed by atoms with Gasteiger partial charge in [-0.3, -0.25) is 0 Å². The Bertz CT molecular complexity index is 394. The Labute approximate surface area is 95.9 Å². The first-order chi connectivity index (χ1) is 7.57. The minimum absolute atomic E-state index is 0.265. The second kappa shape index (κ2) is 5.31. The van der Waals surface area contributed by atoms with Gasteiger partial charge in [0.2, 0.25) is 0 Å². The second-order valence-electron chi connectivity index (χ2n) is 3.98. The van der Waals surface area contributed by atoms with E-state index in [9.17, 15) is 0 Å². The summed E-state index contributed by atoms with van der Waals surface area (Å²) in [6, 6.07) is 2.12. The third kappa shape index (κ3) is 2.60. The number of nitriles is 1. The van der Waals surface area contributed by atoms with Gasteiger partial charge in [-0.05, 0) is 5.92 Å². The van der Waals surface area contributed by atoms with Gasteiger partial charge < -0.3 is 10.6 Å². The summed E-state index contributed by atoms with van der Waals surface area (Å²) in [7, 11) is 1.91. The predicted molar refractivity (Wildman–Crippen MR) is 64.0 cm³/mol. The van der Waals surface area contributed by atoms with E-state index in [2.05, 4.69) is 29.9 Å². The monoisotopic (exact) mass is 219 g/mol. The third-order valence-corrected chi connectivity index (χ3v) is 2.39. The van der Waals surface area contributed by atoms with Gasteiger partial charge in [0, 0.05) is 19.2 Å². The fourth-order valence-corrected chi connectivity index (χ4v) is 1.58. The summed E-state index contributed by atoms with van der Waals surface area (Å²) in [5, 5.41) is 8.56. The first-order valence-electron chi connectivity index (χ1n) is 5.26. The van der Waals surface area contributed by atoms with E-state index in [1.54, 1.807) is 0 Å². The number of hydrogen-bond acceptors (Lipinski definition) is 5. The molecule has 0 amide bonds. The molecule has 0 aliphatic heterocycles. The van der Waals surface area contributed by atoms with Crippen LogP contribution < -0.4 is 10.6 Å². The lowest BCUT2D eigenvalue weighted by molar-refractivity contribution is 0.811. The van der Waals surface area contributed by atoms with Crippen molar-refractivity contribution in [1.82, 2.24) is 9.97 Å². The van der Waals surface area contributed by atoms with Gasteiger partial charge in [0.05, 0.1) is 12.5 Å². The molecule has 16 heavy (non-hydrogen) atoms. The molecule has 0 spiro atoms. The van der Waals surface area contributed by atoms with E-state index in [0.717, 1.165) is 11.4 Å². The summed E-state index contributed by atoms with van der Waals surface area (Å²) in [4.78, 5) is 10.2. The predicted octanol–water partition coefficient (Wildman–Crippen LogP) is 1.53. The zero-order valence-electron chi connectivity index (χ0n) is 9.94. The summed E-state index contributed by atoms with van der Waals surface area (Å²) < 4.78 is 0. The third-order valence-electron chi connectivity index (χ3n) is 2.39. The zero-order chi connectivity index (χ0) is 12.1. The molecule has 5 nitrogen and oxygen atoms in total. The Morgan fingerprint density at radius 2 is 2.19 bits per heavy atom. The van der Waals surface area contributed by atoms with Crippen LogP contribution in [0.1, 0.15) is 31.7 Å². The van der Waals surface area contributed by atoms with Crippen LogP contribution in [-0.4, -0.2) is 23.6 Å². The van der Waals surface area contributed by atoms with Gasteiger partial charge in [0.25, 0.3) is 0 Å². The van der Waals surface area contributed by atoms with E-state index >= 15 is 0 Å². The van der Waals surface area contributed by atoms with E-state index in [0.29, 0.717) is 18.8 Å². The molecule has 2 N–H and O–H groups in total. The molecule has 0 aliphatic rings. The number of rotatable bonds is 4. The number of anilines is 2. The number of nitrogen functional groups attached to an aromatic ring is 1. The Morgan fingerprint density at radius 1 is 1.50 bits per heavy atom. The molecule has 0 unspecified atom stereocenters. The summed E-state index contributed by atoms with van der Waals surface area (Å²) in [6.07, 6.45) is 1.93. The summed E-state index contributed by atoms with van der Waals surface area (Å²) in [6.45, 7) is 4.75. The molecule has 86 valence electrons. The van der Waals surface area contributed by atoms with Gasteiger partial charge in [-0.2, -0.15) is 5.26 Å². The minimum Gasteiger partial charge on any atom is -0.383 e. The topological polar surface area (TPSA) is 78.8 Å². The standard InChI is InChI=1S/C11H17N5/c1-8(2)9-10(13)14-7-15-11(9)16(3)6-4-5-12/h7-8H,4,6H2,1-3H3,(H2,13,14,15). The molecule has 1 aromatic rings. The van der Waals surface area contributed by atoms with Crippen molar-refractivity contribution in [2.75, 3.05) is 24.2 Å². The molecule has 0 saturated heterocycles. The van der Waals surface area contributed by atoms with E-state index in [-0.39, 0.29) is 5.92 Å². The van der Waals surface area contributed by atoms with Crippen molar-refractivity contribution in [3.63, 3.8) is 0 Å². The first-order valence-corrected chi connectivity index (χ1v) is 5.26. The molecule has 1 heterocycles. The molecule has 0 aromatic carbocycles. The zero-order valence-corrected chi connectivity index (χ0v) is 9.94. The lowest BCUT2D eigenvalue weighted by Gasteiger charge is -2.22. The van der Waals surface area contributed by atoms with Crippen molar-refractivity contribution < 1.29 is 0 Å². The normalized spacial score (nSPS) is 10.2. The van der Waals surface area contributed by atoms with Gasteiger partial charge in [-0.1, -0.05) is 13.8 Å². The molecular weight excluding hydrogens is 202 g/mol. The molecule has 0 radical (unpaired) electrons. The number of nitrogens with zero attached hydrogens (tertiary/aromatic N) is 4. The van der Waals surface area contributed by atoms with Gasteiger partial charge in [0.1, 0.15) is 18.0 Å². The van der Waals surface area contributed by atoms with Crippen molar-refractivity contribution in [2.45, 2.75) is 26.2 Å². The van der Waals surface area contributed by atoms with Gasteiger partial charge >= 0.3 is 0 Å². The molecule has 0 aliphatic carbocycles. The Balaban J connectivity index is 3.03. The number of aromatic nitrogens is 2. The van der Waals surface area contributed by atoms with Crippen LogP contribution in [0, 0.1) is 11.3 Å². The Hall–Kier alpha value is -1.83. The summed E-state index contributed by atoms with van der Waals surface area (Å²) in [5.41, 5.74) is 6.79. The highest BCUT2D eigenvalue weighted by Crippen LogP contribution is 2.28. The minimum atomic E-state index is 0.265. The van der Waals surface area contributed by atoms with Crippen molar-refractivity contribution in [3.8, 4) is 6.07 Å². The Kier molecular flexibility index (Phi) is 4.06. The van der Waals surface area contributed by atoms with E-state index in [1.165, 1.54) is 6.33 Å². The van der Waals surface area contributed by atoms with Crippen molar-refractivity contribution in [1.29, 1.82) is 5.26 Å². The van der Waals surface area contributed by atoms with E-state index in [1.807, 2.05) is 11.9 Å². The number of hydrogen-bond donors (Lipinski definition) is 1. The highest BCUT2D eigenvalue weighted by Gasteiger charge is 2.15. The summed E-state index contributed by atoms with van der Waals surface area (Å²) >= 11 is 0. The van der Waals surface area contributed by atoms with Crippen LogP contribution >= 0.6 is 0 Å². The molecule has 0 atom stereocenters. The van der Waals surface area contributed by atoms with Crippen molar-refractivity contribution >= 4 is 11.6 Å². The smallest absolute Gasteiger partial charge is 0.137 e. The fraction of sp³-hybridized carbons (Fsp3) is 0.545. The quantitative estimate of drug-likeness (QED) is 0.830.